The van der Waals surface area contributed by atoms with Crippen LogP contribution in [0.15, 0.2) is 33.9 Å². The Kier molecular flexibility index (Phi) is 4.43. The van der Waals surface area contributed by atoms with Crippen molar-refractivity contribution < 1.29 is 0 Å². The molecular weight excluding hydrogens is 264 g/mol. The van der Waals surface area contributed by atoms with Crippen molar-refractivity contribution in [1.82, 2.24) is 9.78 Å². The first-order chi connectivity index (χ1) is 9.13. The molecule has 0 fully saturated rings. The van der Waals surface area contributed by atoms with Gasteiger partial charge in [0.25, 0.3) is 11.1 Å². The molecule has 0 saturated heterocycles. The minimum Gasteiger partial charge on any atom is -0.267 e. The van der Waals surface area contributed by atoms with Gasteiger partial charge in [-0.15, -0.1) is 11.6 Å². The highest BCUT2D eigenvalue weighted by molar-refractivity contribution is 6.17. The Bertz CT molecular complexity index is 675. The number of benzene rings is 1. The number of aromatic amines is 1. The van der Waals surface area contributed by atoms with Crippen molar-refractivity contribution in [3.05, 3.63) is 45.0 Å². The van der Waals surface area contributed by atoms with Gasteiger partial charge in [0.05, 0.1) is 10.8 Å². The third-order valence-electron chi connectivity index (χ3n) is 3.33. The van der Waals surface area contributed by atoms with Crippen LogP contribution in [-0.4, -0.2) is 15.7 Å². The van der Waals surface area contributed by atoms with Crippen molar-refractivity contribution in [3.63, 3.8) is 0 Å². The Labute approximate surface area is 116 Å². The van der Waals surface area contributed by atoms with E-state index in [1.807, 2.05) is 0 Å². The topological polar surface area (TPSA) is 54.9 Å². The number of hydrogen-bond donors (Lipinski definition) is 1. The fourth-order valence-corrected chi connectivity index (χ4v) is 2.46. The zero-order chi connectivity index (χ0) is 13.8. The molecule has 1 N–H and O–H groups in total. The molecule has 0 spiro atoms. The largest absolute Gasteiger partial charge is 0.273 e. The summed E-state index contributed by atoms with van der Waals surface area (Å²) in [5.74, 6) is 1.05. The quantitative estimate of drug-likeness (QED) is 0.855. The number of rotatable bonds is 5. The van der Waals surface area contributed by atoms with E-state index in [0.717, 1.165) is 12.8 Å². The van der Waals surface area contributed by atoms with E-state index in [-0.39, 0.29) is 11.1 Å². The van der Waals surface area contributed by atoms with E-state index >= 15 is 0 Å². The number of alkyl halides is 1. The Hall–Kier alpha value is -1.55. The summed E-state index contributed by atoms with van der Waals surface area (Å²) in [6.45, 7) is 2.60. The summed E-state index contributed by atoms with van der Waals surface area (Å²) < 4.78 is 1.40. The van der Waals surface area contributed by atoms with Gasteiger partial charge in [-0.1, -0.05) is 19.1 Å². The number of halogens is 1. The van der Waals surface area contributed by atoms with Gasteiger partial charge in [-0.2, -0.15) is 0 Å². The van der Waals surface area contributed by atoms with Gasteiger partial charge in [-0.05, 0) is 30.9 Å². The molecule has 4 nitrogen and oxygen atoms in total. The van der Waals surface area contributed by atoms with Crippen molar-refractivity contribution in [2.45, 2.75) is 26.3 Å². The fourth-order valence-electron chi connectivity index (χ4n) is 2.08. The maximum Gasteiger partial charge on any atom is 0.273 e. The number of H-pyrrole nitrogens is 1. The molecule has 1 atom stereocenters. The lowest BCUT2D eigenvalue weighted by atomic mass is 10.1. The molecule has 2 aromatic rings. The van der Waals surface area contributed by atoms with Crippen molar-refractivity contribution >= 4 is 22.4 Å². The Morgan fingerprint density at radius 3 is 2.58 bits per heavy atom. The molecule has 102 valence electrons. The molecule has 0 saturated carbocycles. The van der Waals surface area contributed by atoms with Gasteiger partial charge in [0, 0.05) is 12.4 Å². The molecule has 19 heavy (non-hydrogen) atoms. The van der Waals surface area contributed by atoms with E-state index in [1.54, 1.807) is 24.3 Å². The van der Waals surface area contributed by atoms with Crippen LogP contribution in [0.3, 0.4) is 0 Å². The first-order valence-electron chi connectivity index (χ1n) is 6.41. The summed E-state index contributed by atoms with van der Waals surface area (Å²) in [5.41, 5.74) is -0.367. The van der Waals surface area contributed by atoms with Crippen LogP contribution < -0.4 is 11.1 Å². The van der Waals surface area contributed by atoms with E-state index < -0.39 is 0 Å². The molecule has 0 aliphatic rings. The molecule has 2 rings (SSSR count). The highest BCUT2D eigenvalue weighted by Crippen LogP contribution is 2.09. The van der Waals surface area contributed by atoms with Crippen molar-refractivity contribution in [3.8, 4) is 0 Å². The van der Waals surface area contributed by atoms with Crippen LogP contribution in [0.25, 0.3) is 10.8 Å². The SMILES string of the molecule is CC(CCCl)CCn1[nH]c(=O)c2ccccc2c1=O. The van der Waals surface area contributed by atoms with Crippen LogP contribution in [0.4, 0.5) is 0 Å². The monoisotopic (exact) mass is 280 g/mol. The van der Waals surface area contributed by atoms with Crippen LogP contribution in [0.1, 0.15) is 19.8 Å². The van der Waals surface area contributed by atoms with Gasteiger partial charge < -0.3 is 0 Å². The molecule has 0 aliphatic carbocycles. The summed E-state index contributed by atoms with van der Waals surface area (Å²) in [6, 6.07) is 6.87. The molecule has 0 radical (unpaired) electrons. The highest BCUT2D eigenvalue weighted by Gasteiger charge is 2.08. The maximum atomic E-state index is 12.2. The Morgan fingerprint density at radius 1 is 1.21 bits per heavy atom. The molecule has 0 amide bonds. The van der Waals surface area contributed by atoms with Gasteiger partial charge in [0.15, 0.2) is 0 Å². The average Bonchev–Trinajstić information content (AvgIpc) is 2.42. The molecule has 0 aliphatic heterocycles. The number of aromatic nitrogens is 2. The third-order valence-corrected chi connectivity index (χ3v) is 3.55. The van der Waals surface area contributed by atoms with Crippen LogP contribution >= 0.6 is 11.6 Å². The zero-order valence-electron chi connectivity index (χ0n) is 10.9. The van der Waals surface area contributed by atoms with E-state index in [1.165, 1.54) is 4.68 Å². The van der Waals surface area contributed by atoms with Gasteiger partial charge in [0.2, 0.25) is 0 Å². The van der Waals surface area contributed by atoms with Crippen LogP contribution in [0.5, 0.6) is 0 Å². The summed E-state index contributed by atoms with van der Waals surface area (Å²) in [5, 5.41) is 3.54. The predicted octanol–water partition coefficient (Wildman–Crippen LogP) is 2.34. The second-order valence-electron chi connectivity index (χ2n) is 4.81. The molecule has 1 heterocycles. The standard InChI is InChI=1S/C14H17ClN2O2/c1-10(6-8-15)7-9-17-14(19)12-5-3-2-4-11(12)13(18)16-17/h2-5,10H,6-9H2,1H3,(H,16,18). The first-order valence-corrected chi connectivity index (χ1v) is 6.94. The number of nitrogens with one attached hydrogen (secondary N) is 1. The summed E-state index contributed by atoms with van der Waals surface area (Å²) in [4.78, 5) is 24.1. The summed E-state index contributed by atoms with van der Waals surface area (Å²) in [6.07, 6.45) is 1.73. The Balaban J connectivity index is 2.32. The lowest BCUT2D eigenvalue weighted by molar-refractivity contribution is 0.439. The molecule has 1 aromatic carbocycles. The number of nitrogens with zero attached hydrogens (tertiary/aromatic N) is 1. The first kappa shape index (κ1) is 13.9. The lowest BCUT2D eigenvalue weighted by Gasteiger charge is -2.11. The van der Waals surface area contributed by atoms with E-state index in [9.17, 15) is 9.59 Å². The van der Waals surface area contributed by atoms with Gasteiger partial charge in [-0.3, -0.25) is 14.7 Å². The Morgan fingerprint density at radius 2 is 1.89 bits per heavy atom. The molecule has 5 heteroatoms. The van der Waals surface area contributed by atoms with E-state index in [2.05, 4.69) is 12.0 Å². The van der Waals surface area contributed by atoms with Crippen LogP contribution in [0, 0.1) is 5.92 Å². The van der Waals surface area contributed by atoms with Crippen molar-refractivity contribution in [2.75, 3.05) is 5.88 Å². The van der Waals surface area contributed by atoms with Crippen LogP contribution in [-0.2, 0) is 6.54 Å². The van der Waals surface area contributed by atoms with Crippen LogP contribution in [0.2, 0.25) is 0 Å². The maximum absolute atomic E-state index is 12.2. The lowest BCUT2D eigenvalue weighted by Crippen LogP contribution is -2.30. The highest BCUT2D eigenvalue weighted by atomic mass is 35.5. The number of aryl methyl sites for hydroxylation is 1. The summed E-state index contributed by atoms with van der Waals surface area (Å²) >= 11 is 5.69. The molecule has 1 unspecified atom stereocenters. The van der Waals surface area contributed by atoms with Crippen molar-refractivity contribution in [2.24, 2.45) is 5.92 Å². The zero-order valence-corrected chi connectivity index (χ0v) is 11.6. The average molecular weight is 281 g/mol. The summed E-state index contributed by atoms with van der Waals surface area (Å²) in [7, 11) is 0. The smallest absolute Gasteiger partial charge is 0.267 e. The minimum absolute atomic E-state index is 0.145. The van der Waals surface area contributed by atoms with Gasteiger partial charge in [0.1, 0.15) is 0 Å². The second-order valence-corrected chi connectivity index (χ2v) is 5.19. The van der Waals surface area contributed by atoms with Gasteiger partial charge in [-0.25, -0.2) is 4.68 Å². The number of fused-ring (bicyclic) bond motifs is 1. The van der Waals surface area contributed by atoms with Crippen molar-refractivity contribution in [1.29, 1.82) is 0 Å². The van der Waals surface area contributed by atoms with Gasteiger partial charge >= 0.3 is 0 Å². The predicted molar refractivity (Wildman–Crippen MR) is 77.9 cm³/mol. The number of hydrogen-bond acceptors (Lipinski definition) is 2. The second kappa shape index (κ2) is 6.06. The van der Waals surface area contributed by atoms with E-state index in [4.69, 9.17) is 11.6 Å². The molecular formula is C14H17ClN2O2. The molecule has 1 aromatic heterocycles. The fraction of sp³-hybridized carbons (Fsp3) is 0.429. The normalized spacial score (nSPS) is 12.7. The third kappa shape index (κ3) is 3.07. The van der Waals surface area contributed by atoms with E-state index in [0.29, 0.717) is 29.1 Å². The molecule has 0 bridgehead atoms. The minimum atomic E-state index is -0.222.